The molecule has 0 atom stereocenters. The quantitative estimate of drug-likeness (QED) is 0.578. The van der Waals surface area contributed by atoms with Gasteiger partial charge in [-0.25, -0.2) is 0 Å². The molecule has 0 radical (unpaired) electrons. The van der Waals surface area contributed by atoms with Crippen molar-refractivity contribution in [3.05, 3.63) is 34.9 Å². The van der Waals surface area contributed by atoms with Crippen molar-refractivity contribution >= 4 is 17.9 Å². The highest BCUT2D eigenvalue weighted by atomic mass is 16.5. The Hall–Kier alpha value is -2.10. The Morgan fingerprint density at radius 3 is 2.94 bits per heavy atom. The number of hydrogen-bond donors (Lipinski definition) is 1. The van der Waals surface area contributed by atoms with Gasteiger partial charge in [-0.3, -0.25) is 14.9 Å². The summed E-state index contributed by atoms with van der Waals surface area (Å²) in [6.45, 7) is 0.717. The summed E-state index contributed by atoms with van der Waals surface area (Å²) in [5, 5.41) is 2.27. The first-order valence-electron chi connectivity index (χ1n) is 5.53. The molecule has 0 spiro atoms. The first-order chi connectivity index (χ1) is 8.22. The SMILES string of the molecule is O=C1CC(=Cc2ccc3c(c2)CCO3)C(=O)N1. The second-order valence-corrected chi connectivity index (χ2v) is 4.19. The Kier molecular flexibility index (Phi) is 2.21. The maximum atomic E-state index is 11.4. The van der Waals surface area contributed by atoms with Crippen LogP contribution in [0.2, 0.25) is 0 Å². The van der Waals surface area contributed by atoms with Crippen LogP contribution in [0.25, 0.3) is 6.08 Å². The Bertz CT molecular complexity index is 546. The Labute approximate surface area is 98.3 Å². The molecule has 1 N–H and O–H groups in total. The standard InChI is InChI=1S/C13H11NO3/c15-12-7-10(13(16)14-12)6-8-1-2-11-9(5-8)3-4-17-11/h1-2,5-6H,3-4,7H2,(H,14,15,16). The van der Waals surface area contributed by atoms with Crippen molar-refractivity contribution in [2.24, 2.45) is 0 Å². The summed E-state index contributed by atoms with van der Waals surface area (Å²) in [6, 6.07) is 5.81. The highest BCUT2D eigenvalue weighted by Crippen LogP contribution is 2.27. The van der Waals surface area contributed by atoms with E-state index in [9.17, 15) is 9.59 Å². The van der Waals surface area contributed by atoms with E-state index in [0.717, 1.165) is 23.3 Å². The highest BCUT2D eigenvalue weighted by molar-refractivity contribution is 6.15. The van der Waals surface area contributed by atoms with Crippen LogP contribution in [0.5, 0.6) is 5.75 Å². The molecule has 0 aromatic heterocycles. The first kappa shape index (κ1) is 10.1. The lowest BCUT2D eigenvalue weighted by atomic mass is 10.1. The topological polar surface area (TPSA) is 55.4 Å². The molecule has 0 bridgehead atoms. The van der Waals surface area contributed by atoms with Gasteiger partial charge in [-0.15, -0.1) is 0 Å². The van der Waals surface area contributed by atoms with Gasteiger partial charge in [-0.1, -0.05) is 6.07 Å². The van der Waals surface area contributed by atoms with Crippen molar-refractivity contribution in [2.45, 2.75) is 12.8 Å². The number of fused-ring (bicyclic) bond motifs is 1. The largest absolute Gasteiger partial charge is 0.493 e. The number of nitrogens with one attached hydrogen (secondary N) is 1. The summed E-state index contributed by atoms with van der Waals surface area (Å²) >= 11 is 0. The first-order valence-corrected chi connectivity index (χ1v) is 5.53. The third kappa shape index (κ3) is 1.82. The van der Waals surface area contributed by atoms with Crippen molar-refractivity contribution in [3.8, 4) is 5.75 Å². The Balaban J connectivity index is 1.93. The molecule has 17 heavy (non-hydrogen) atoms. The number of amides is 2. The summed E-state index contributed by atoms with van der Waals surface area (Å²) in [5.41, 5.74) is 2.62. The second-order valence-electron chi connectivity index (χ2n) is 4.19. The maximum absolute atomic E-state index is 11.4. The Morgan fingerprint density at radius 2 is 2.18 bits per heavy atom. The van der Waals surface area contributed by atoms with Crippen LogP contribution in [0.1, 0.15) is 17.5 Å². The number of carbonyl (C=O) groups is 2. The van der Waals surface area contributed by atoms with Crippen LogP contribution in [0.3, 0.4) is 0 Å². The molecule has 0 unspecified atom stereocenters. The van der Waals surface area contributed by atoms with Gasteiger partial charge in [-0.05, 0) is 29.3 Å². The van der Waals surface area contributed by atoms with Gasteiger partial charge in [0.1, 0.15) is 5.75 Å². The van der Waals surface area contributed by atoms with E-state index in [1.807, 2.05) is 18.2 Å². The zero-order valence-corrected chi connectivity index (χ0v) is 9.16. The van der Waals surface area contributed by atoms with Crippen LogP contribution >= 0.6 is 0 Å². The molecule has 1 aromatic carbocycles. The van der Waals surface area contributed by atoms with Crippen LogP contribution in [-0.4, -0.2) is 18.4 Å². The van der Waals surface area contributed by atoms with Gasteiger partial charge in [0.2, 0.25) is 5.91 Å². The van der Waals surface area contributed by atoms with Crippen LogP contribution < -0.4 is 10.1 Å². The average Bonchev–Trinajstić information content (AvgIpc) is 2.85. The number of hydrogen-bond acceptors (Lipinski definition) is 3. The molecule has 2 aliphatic rings. The molecule has 2 heterocycles. The smallest absolute Gasteiger partial charge is 0.254 e. The molecule has 2 aliphatic heterocycles. The minimum atomic E-state index is -0.285. The summed E-state index contributed by atoms with van der Waals surface area (Å²) in [6.07, 6.45) is 2.84. The average molecular weight is 229 g/mol. The minimum Gasteiger partial charge on any atom is -0.493 e. The summed E-state index contributed by atoms with van der Waals surface area (Å²) in [7, 11) is 0. The summed E-state index contributed by atoms with van der Waals surface area (Å²) in [5.74, 6) is 0.400. The number of ether oxygens (including phenoxy) is 1. The maximum Gasteiger partial charge on any atom is 0.254 e. The van der Waals surface area contributed by atoms with Gasteiger partial charge in [0.05, 0.1) is 13.0 Å². The fraction of sp³-hybridized carbons (Fsp3) is 0.231. The van der Waals surface area contributed by atoms with Crippen molar-refractivity contribution < 1.29 is 14.3 Å². The zero-order chi connectivity index (χ0) is 11.8. The van der Waals surface area contributed by atoms with Crippen molar-refractivity contribution in [1.82, 2.24) is 5.32 Å². The van der Waals surface area contributed by atoms with Crippen LogP contribution in [0.4, 0.5) is 0 Å². The predicted octanol–water partition coefficient (Wildman–Crippen LogP) is 1.05. The number of benzene rings is 1. The van der Waals surface area contributed by atoms with Gasteiger partial charge in [0.15, 0.2) is 0 Å². The summed E-state index contributed by atoms with van der Waals surface area (Å²) < 4.78 is 5.41. The van der Waals surface area contributed by atoms with Crippen molar-refractivity contribution in [1.29, 1.82) is 0 Å². The van der Waals surface area contributed by atoms with E-state index in [0.29, 0.717) is 12.2 Å². The Morgan fingerprint density at radius 1 is 1.29 bits per heavy atom. The molecule has 1 saturated heterocycles. The van der Waals surface area contributed by atoms with E-state index in [1.165, 1.54) is 0 Å². The van der Waals surface area contributed by atoms with E-state index in [1.54, 1.807) is 6.08 Å². The molecule has 4 heteroatoms. The van der Waals surface area contributed by atoms with E-state index >= 15 is 0 Å². The number of imide groups is 1. The van der Waals surface area contributed by atoms with Crippen molar-refractivity contribution in [2.75, 3.05) is 6.61 Å². The fourth-order valence-electron chi connectivity index (χ4n) is 2.12. The molecular weight excluding hydrogens is 218 g/mol. The van der Waals surface area contributed by atoms with E-state index in [-0.39, 0.29) is 18.2 Å². The fourth-order valence-corrected chi connectivity index (χ4v) is 2.12. The molecule has 1 aromatic rings. The third-order valence-corrected chi connectivity index (χ3v) is 2.95. The molecule has 4 nitrogen and oxygen atoms in total. The van der Waals surface area contributed by atoms with E-state index < -0.39 is 0 Å². The molecule has 86 valence electrons. The molecule has 0 saturated carbocycles. The van der Waals surface area contributed by atoms with Gasteiger partial charge < -0.3 is 4.74 Å². The van der Waals surface area contributed by atoms with Crippen molar-refractivity contribution in [3.63, 3.8) is 0 Å². The minimum absolute atomic E-state index is 0.173. The van der Waals surface area contributed by atoms with Gasteiger partial charge >= 0.3 is 0 Å². The highest BCUT2D eigenvalue weighted by Gasteiger charge is 2.23. The zero-order valence-electron chi connectivity index (χ0n) is 9.16. The lowest BCUT2D eigenvalue weighted by Gasteiger charge is -2.00. The predicted molar refractivity (Wildman–Crippen MR) is 61.4 cm³/mol. The van der Waals surface area contributed by atoms with Gasteiger partial charge in [0, 0.05) is 12.0 Å². The molecule has 3 rings (SSSR count). The monoisotopic (exact) mass is 229 g/mol. The normalized spacial score (nSPS) is 20.4. The number of rotatable bonds is 1. The van der Waals surface area contributed by atoms with Crippen LogP contribution in [-0.2, 0) is 16.0 Å². The lowest BCUT2D eigenvalue weighted by molar-refractivity contribution is -0.124. The van der Waals surface area contributed by atoms with Crippen LogP contribution in [0.15, 0.2) is 23.8 Å². The summed E-state index contributed by atoms with van der Waals surface area (Å²) in [4.78, 5) is 22.4. The molecular formula is C13H11NO3. The van der Waals surface area contributed by atoms with Gasteiger partial charge in [0.25, 0.3) is 5.91 Å². The molecule has 1 fully saturated rings. The van der Waals surface area contributed by atoms with E-state index in [4.69, 9.17) is 4.74 Å². The van der Waals surface area contributed by atoms with E-state index in [2.05, 4.69) is 5.32 Å². The molecule has 0 aliphatic carbocycles. The molecule has 2 amide bonds. The lowest BCUT2D eigenvalue weighted by Crippen LogP contribution is -2.19. The second kappa shape index (κ2) is 3.73. The van der Waals surface area contributed by atoms with Gasteiger partial charge in [-0.2, -0.15) is 0 Å². The number of carbonyl (C=O) groups excluding carboxylic acids is 2. The van der Waals surface area contributed by atoms with Crippen LogP contribution in [0, 0.1) is 0 Å². The third-order valence-electron chi connectivity index (χ3n) is 2.95.